The van der Waals surface area contributed by atoms with E-state index in [0.29, 0.717) is 0 Å². The van der Waals surface area contributed by atoms with Gasteiger partial charge in [-0.1, -0.05) is 0 Å². The van der Waals surface area contributed by atoms with Crippen LogP contribution in [0.1, 0.15) is 24.7 Å². The van der Waals surface area contributed by atoms with Crippen molar-refractivity contribution in [1.82, 2.24) is 9.97 Å². The number of hydrogen-bond acceptors (Lipinski definition) is 3. The molecule has 0 atom stereocenters. The average molecular weight is 189 g/mol. The predicted octanol–water partition coefficient (Wildman–Crippen LogP) is 1.92. The summed E-state index contributed by atoms with van der Waals surface area (Å²) < 4.78 is 0. The Balaban J connectivity index is 2.56. The second-order valence-electron chi connectivity index (χ2n) is 3.05. The van der Waals surface area contributed by atoms with E-state index in [-0.39, 0.29) is 0 Å². The zero-order chi connectivity index (χ0) is 10.4. The van der Waals surface area contributed by atoms with Gasteiger partial charge in [0.25, 0.3) is 0 Å². The Morgan fingerprint density at radius 1 is 1.43 bits per heavy atom. The van der Waals surface area contributed by atoms with Crippen LogP contribution in [0.25, 0.3) is 0 Å². The van der Waals surface area contributed by atoms with Gasteiger partial charge in [0.1, 0.15) is 5.82 Å². The van der Waals surface area contributed by atoms with E-state index in [0.717, 1.165) is 30.2 Å². The maximum Gasteiger partial charge on any atom is 0.147 e. The van der Waals surface area contributed by atoms with Crippen molar-refractivity contribution < 1.29 is 0 Å². The van der Waals surface area contributed by atoms with Crippen LogP contribution in [0.2, 0.25) is 0 Å². The smallest absolute Gasteiger partial charge is 0.147 e. The molecule has 0 radical (unpaired) electrons. The Morgan fingerprint density at radius 3 is 2.93 bits per heavy atom. The van der Waals surface area contributed by atoms with Gasteiger partial charge in [-0.2, -0.15) is 0 Å². The fourth-order valence-electron chi connectivity index (χ4n) is 1.07. The van der Waals surface area contributed by atoms with Gasteiger partial charge < -0.3 is 5.32 Å². The first-order valence-electron chi connectivity index (χ1n) is 4.67. The Hall–Kier alpha value is -1.56. The lowest BCUT2D eigenvalue weighted by Gasteiger charge is -2.06. The van der Waals surface area contributed by atoms with E-state index in [4.69, 9.17) is 0 Å². The van der Waals surface area contributed by atoms with Gasteiger partial charge in [-0.3, -0.25) is 4.98 Å². The van der Waals surface area contributed by atoms with Gasteiger partial charge in [-0.25, -0.2) is 4.98 Å². The zero-order valence-electron chi connectivity index (χ0n) is 8.89. The summed E-state index contributed by atoms with van der Waals surface area (Å²) >= 11 is 0. The molecule has 0 aliphatic carbocycles. The number of nitrogens with zero attached hydrogens (tertiary/aromatic N) is 2. The summed E-state index contributed by atoms with van der Waals surface area (Å²) in [6.45, 7) is 6.54. The van der Waals surface area contributed by atoms with Crippen LogP contribution in [0, 0.1) is 25.7 Å². The quantitative estimate of drug-likeness (QED) is 0.583. The number of aromatic nitrogens is 2. The molecule has 0 bridgehead atoms. The topological polar surface area (TPSA) is 37.8 Å². The molecule has 0 unspecified atom stereocenters. The van der Waals surface area contributed by atoms with E-state index in [9.17, 15) is 0 Å². The molecule has 1 rings (SSSR count). The maximum absolute atomic E-state index is 4.35. The SMILES string of the molecule is CC#CCCNc1nc(C)cnc1C. The van der Waals surface area contributed by atoms with Crippen molar-refractivity contribution >= 4 is 5.82 Å². The van der Waals surface area contributed by atoms with Gasteiger partial charge in [0, 0.05) is 19.2 Å². The number of anilines is 1. The summed E-state index contributed by atoms with van der Waals surface area (Å²) in [5.41, 5.74) is 1.86. The molecule has 0 saturated heterocycles. The van der Waals surface area contributed by atoms with Crippen LogP contribution in [0.5, 0.6) is 0 Å². The third kappa shape index (κ3) is 3.06. The summed E-state index contributed by atoms with van der Waals surface area (Å²) in [4.78, 5) is 8.57. The molecule has 0 spiro atoms. The second kappa shape index (κ2) is 5.23. The monoisotopic (exact) mass is 189 g/mol. The number of hydrogen-bond donors (Lipinski definition) is 1. The zero-order valence-corrected chi connectivity index (χ0v) is 8.89. The van der Waals surface area contributed by atoms with Gasteiger partial charge in [0.2, 0.25) is 0 Å². The molecule has 0 amide bonds. The van der Waals surface area contributed by atoms with Crippen LogP contribution < -0.4 is 5.32 Å². The number of nitrogens with one attached hydrogen (secondary N) is 1. The molecule has 74 valence electrons. The molecule has 14 heavy (non-hydrogen) atoms. The predicted molar refractivity (Wildman–Crippen MR) is 58.1 cm³/mol. The normalized spacial score (nSPS) is 9.07. The minimum atomic E-state index is 0.819. The van der Waals surface area contributed by atoms with Gasteiger partial charge in [-0.05, 0) is 20.8 Å². The van der Waals surface area contributed by atoms with E-state index in [1.54, 1.807) is 6.20 Å². The molecule has 0 aromatic carbocycles. The van der Waals surface area contributed by atoms with E-state index >= 15 is 0 Å². The van der Waals surface area contributed by atoms with Crippen LogP contribution in [0.3, 0.4) is 0 Å². The Kier molecular flexibility index (Phi) is 3.93. The third-order valence-electron chi connectivity index (χ3n) is 1.80. The number of rotatable bonds is 3. The van der Waals surface area contributed by atoms with E-state index in [2.05, 4.69) is 27.1 Å². The lowest BCUT2D eigenvalue weighted by Crippen LogP contribution is -2.06. The molecule has 0 saturated carbocycles. The van der Waals surface area contributed by atoms with E-state index in [1.807, 2.05) is 20.8 Å². The fraction of sp³-hybridized carbons (Fsp3) is 0.455. The van der Waals surface area contributed by atoms with Crippen molar-refractivity contribution in [2.24, 2.45) is 0 Å². The molecule has 1 aromatic heterocycles. The van der Waals surface area contributed by atoms with Crippen LogP contribution in [-0.2, 0) is 0 Å². The summed E-state index contributed by atoms with van der Waals surface area (Å²) in [5.74, 6) is 6.71. The molecule has 3 nitrogen and oxygen atoms in total. The van der Waals surface area contributed by atoms with E-state index < -0.39 is 0 Å². The summed E-state index contributed by atoms with van der Waals surface area (Å²) in [6, 6.07) is 0. The molecular weight excluding hydrogens is 174 g/mol. The summed E-state index contributed by atoms with van der Waals surface area (Å²) in [7, 11) is 0. The van der Waals surface area contributed by atoms with Gasteiger partial charge >= 0.3 is 0 Å². The molecule has 1 heterocycles. The molecule has 1 N–H and O–H groups in total. The Bertz CT molecular complexity index is 361. The highest BCUT2D eigenvalue weighted by atomic mass is 15.0. The summed E-state index contributed by atoms with van der Waals surface area (Å²) in [5, 5.41) is 3.21. The molecular formula is C11H15N3. The van der Waals surface area contributed by atoms with Gasteiger partial charge in [0.05, 0.1) is 11.4 Å². The molecule has 0 aliphatic rings. The van der Waals surface area contributed by atoms with Gasteiger partial charge in [0.15, 0.2) is 0 Å². The molecule has 0 fully saturated rings. The summed E-state index contributed by atoms with van der Waals surface area (Å²) in [6.07, 6.45) is 2.61. The van der Waals surface area contributed by atoms with Crippen molar-refractivity contribution in [2.75, 3.05) is 11.9 Å². The minimum Gasteiger partial charge on any atom is -0.368 e. The fourth-order valence-corrected chi connectivity index (χ4v) is 1.07. The highest BCUT2D eigenvalue weighted by molar-refractivity contribution is 5.39. The van der Waals surface area contributed by atoms with E-state index in [1.165, 1.54) is 0 Å². The Labute approximate surface area is 85.0 Å². The molecule has 0 aliphatic heterocycles. The highest BCUT2D eigenvalue weighted by Crippen LogP contribution is 2.07. The highest BCUT2D eigenvalue weighted by Gasteiger charge is 1.99. The first kappa shape index (κ1) is 10.5. The lowest BCUT2D eigenvalue weighted by molar-refractivity contribution is 1.01. The maximum atomic E-state index is 4.35. The number of aryl methyl sites for hydroxylation is 2. The minimum absolute atomic E-state index is 0.819. The second-order valence-corrected chi connectivity index (χ2v) is 3.05. The van der Waals surface area contributed by atoms with Crippen LogP contribution >= 0.6 is 0 Å². The van der Waals surface area contributed by atoms with Crippen LogP contribution in [0.15, 0.2) is 6.20 Å². The first-order valence-corrected chi connectivity index (χ1v) is 4.67. The van der Waals surface area contributed by atoms with Crippen LogP contribution in [0.4, 0.5) is 5.82 Å². The van der Waals surface area contributed by atoms with Crippen molar-refractivity contribution in [1.29, 1.82) is 0 Å². The third-order valence-corrected chi connectivity index (χ3v) is 1.80. The van der Waals surface area contributed by atoms with Crippen molar-refractivity contribution in [3.05, 3.63) is 17.6 Å². The molecule has 3 heteroatoms. The first-order chi connectivity index (χ1) is 6.74. The van der Waals surface area contributed by atoms with Crippen molar-refractivity contribution in [3.63, 3.8) is 0 Å². The largest absolute Gasteiger partial charge is 0.368 e. The average Bonchev–Trinajstić information content (AvgIpc) is 2.18. The lowest BCUT2D eigenvalue weighted by atomic mass is 10.3. The van der Waals surface area contributed by atoms with Gasteiger partial charge in [-0.15, -0.1) is 11.8 Å². The Morgan fingerprint density at radius 2 is 2.21 bits per heavy atom. The van der Waals surface area contributed by atoms with Crippen molar-refractivity contribution in [3.8, 4) is 11.8 Å². The van der Waals surface area contributed by atoms with Crippen LogP contribution in [-0.4, -0.2) is 16.5 Å². The van der Waals surface area contributed by atoms with Crippen molar-refractivity contribution in [2.45, 2.75) is 27.2 Å². The molecule has 1 aromatic rings. The standard InChI is InChI=1S/C11H15N3/c1-4-5-6-7-12-11-10(3)13-8-9(2)14-11/h8H,6-7H2,1-3H3,(H,12,14).